The summed E-state index contributed by atoms with van der Waals surface area (Å²) in [5.74, 6) is 5.20. The number of benzene rings is 2. The Morgan fingerprint density at radius 3 is 2.28 bits per heavy atom. The molecule has 3 rings (SSSR count). The summed E-state index contributed by atoms with van der Waals surface area (Å²) in [4.78, 5) is 51.1. The van der Waals surface area contributed by atoms with Crippen LogP contribution in [0.4, 0.5) is 20.1 Å². The van der Waals surface area contributed by atoms with Gasteiger partial charge in [-0.3, -0.25) is 14.9 Å². The van der Waals surface area contributed by atoms with E-state index in [0.717, 1.165) is 5.56 Å². The summed E-state index contributed by atoms with van der Waals surface area (Å²) in [7, 11) is -3.06. The van der Waals surface area contributed by atoms with Crippen LogP contribution in [0.3, 0.4) is 0 Å². The molecule has 2 aromatic carbocycles. The third-order valence-electron chi connectivity index (χ3n) is 6.14. The smallest absolute Gasteiger partial charge is 0.424 e. The van der Waals surface area contributed by atoms with Crippen molar-refractivity contribution in [2.45, 2.75) is 75.1 Å². The zero-order chi connectivity index (χ0) is 31.9. The lowest BCUT2D eigenvalue weighted by Gasteiger charge is -2.25. The van der Waals surface area contributed by atoms with Gasteiger partial charge in [0.2, 0.25) is 13.9 Å². The number of anilines is 1. The molecule has 230 valence electrons. The number of carbonyl (C=O) groups excluding carboxylic acids is 4. The molecule has 11 nitrogen and oxygen atoms in total. The van der Waals surface area contributed by atoms with Crippen molar-refractivity contribution in [2.24, 2.45) is 0 Å². The molecule has 0 spiro atoms. The highest BCUT2D eigenvalue weighted by molar-refractivity contribution is 8.25. The second kappa shape index (κ2) is 14.0. The van der Waals surface area contributed by atoms with Gasteiger partial charge in [-0.2, -0.15) is 4.90 Å². The fraction of sp³-hybridized carbons (Fsp3) is 0.400. The number of nitrogens with zero attached hydrogens (tertiary/aromatic N) is 1. The number of thioether (sulfide) groups is 1. The molecule has 13 heteroatoms. The molecule has 1 unspecified atom stereocenters. The van der Waals surface area contributed by atoms with E-state index < -0.39 is 43.4 Å². The van der Waals surface area contributed by atoms with Crippen molar-refractivity contribution in [1.29, 1.82) is 0 Å². The topological polar surface area (TPSA) is 145 Å². The van der Waals surface area contributed by atoms with Crippen LogP contribution in [-0.4, -0.2) is 60.0 Å². The van der Waals surface area contributed by atoms with Gasteiger partial charge in [0.15, 0.2) is 0 Å². The predicted octanol–water partition coefficient (Wildman–Crippen LogP) is 5.89. The van der Waals surface area contributed by atoms with Crippen molar-refractivity contribution in [3.8, 4) is 17.6 Å². The quantitative estimate of drug-likeness (QED) is 0.263. The van der Waals surface area contributed by atoms with Crippen molar-refractivity contribution in [1.82, 2.24) is 4.90 Å². The van der Waals surface area contributed by atoms with Crippen LogP contribution in [0, 0.1) is 18.8 Å². The highest BCUT2D eigenvalue weighted by Crippen LogP contribution is 2.48. The van der Waals surface area contributed by atoms with Gasteiger partial charge in [-0.25, -0.2) is 18.0 Å². The van der Waals surface area contributed by atoms with Crippen molar-refractivity contribution in [3.05, 3.63) is 53.6 Å². The average Bonchev–Trinajstić information content (AvgIpc) is 3.19. The first-order valence-electron chi connectivity index (χ1n) is 13.5. The van der Waals surface area contributed by atoms with E-state index in [0.29, 0.717) is 17.0 Å². The molecule has 1 aliphatic heterocycles. The number of amides is 4. The van der Waals surface area contributed by atoms with E-state index in [9.17, 15) is 27.6 Å². The van der Waals surface area contributed by atoms with E-state index in [4.69, 9.17) is 14.2 Å². The maximum atomic E-state index is 13.9. The second-order valence-corrected chi connectivity index (χ2v) is 13.8. The molecule has 2 aromatic rings. The molecule has 1 N–H and O–H groups in total. The Labute approximate surface area is 255 Å². The van der Waals surface area contributed by atoms with Crippen molar-refractivity contribution in [2.75, 3.05) is 12.4 Å². The molecule has 0 saturated carbocycles. The van der Waals surface area contributed by atoms with Gasteiger partial charge >= 0.3 is 12.2 Å². The molecule has 0 radical (unpaired) electrons. The molecule has 0 bridgehead atoms. The zero-order valence-electron chi connectivity index (χ0n) is 24.8. The Morgan fingerprint density at radius 1 is 1.02 bits per heavy atom. The maximum Gasteiger partial charge on any atom is 0.424 e. The van der Waals surface area contributed by atoms with Gasteiger partial charge in [-0.1, -0.05) is 17.9 Å². The molecule has 0 aliphatic carbocycles. The summed E-state index contributed by atoms with van der Waals surface area (Å²) < 4.78 is 40.8. The van der Waals surface area contributed by atoms with Gasteiger partial charge in [0.05, 0.1) is 24.2 Å². The maximum absolute atomic E-state index is 13.9. The molecule has 43 heavy (non-hydrogen) atoms. The van der Waals surface area contributed by atoms with Crippen LogP contribution in [0.25, 0.3) is 0 Å². The second-order valence-electron chi connectivity index (χ2n) is 10.1. The average molecular weight is 631 g/mol. The normalized spacial score (nSPS) is 16.6. The minimum atomic E-state index is -4.49. The minimum Gasteiger partial charge on any atom is -0.497 e. The van der Waals surface area contributed by atoms with Crippen LogP contribution in [0.2, 0.25) is 0 Å². The third-order valence-corrected chi connectivity index (χ3v) is 10.3. The van der Waals surface area contributed by atoms with Crippen LogP contribution >= 0.6 is 11.8 Å². The van der Waals surface area contributed by atoms with Gasteiger partial charge in [0.25, 0.3) is 11.1 Å². The molecular formula is C30H34N2O9S2. The van der Waals surface area contributed by atoms with Crippen molar-refractivity contribution < 1.29 is 41.8 Å². The molecule has 1 aliphatic rings. The number of ether oxygens (including phenoxy) is 3. The number of methoxy groups -OCH3 is 1. The van der Waals surface area contributed by atoms with E-state index in [1.54, 1.807) is 45.9 Å². The summed E-state index contributed by atoms with van der Waals surface area (Å²) >= 11 is 0.282. The fourth-order valence-corrected chi connectivity index (χ4v) is 7.57. The van der Waals surface area contributed by atoms with Gasteiger partial charge < -0.3 is 14.2 Å². The molecule has 1 fully saturated rings. The van der Waals surface area contributed by atoms with Crippen molar-refractivity contribution >= 4 is 50.6 Å². The number of imide groups is 3. The highest BCUT2D eigenvalue weighted by atomic mass is 32.3. The monoisotopic (exact) mass is 630 g/mol. The highest BCUT2D eigenvalue weighted by Gasteiger charge is 2.63. The summed E-state index contributed by atoms with van der Waals surface area (Å²) in [5.41, 5.74) is 1.97. The summed E-state index contributed by atoms with van der Waals surface area (Å²) in [6.45, 7) is 8.41. The zero-order valence-corrected chi connectivity index (χ0v) is 26.4. The summed E-state index contributed by atoms with van der Waals surface area (Å²) in [6, 6.07) is 10.6. The fourth-order valence-electron chi connectivity index (χ4n) is 4.07. The predicted molar refractivity (Wildman–Crippen MR) is 162 cm³/mol. The van der Waals surface area contributed by atoms with Gasteiger partial charge in [-0.15, -0.1) is 0 Å². The van der Waals surface area contributed by atoms with Crippen LogP contribution in [0.5, 0.6) is 5.75 Å². The Morgan fingerprint density at radius 2 is 1.67 bits per heavy atom. The van der Waals surface area contributed by atoms with E-state index in [1.165, 1.54) is 31.4 Å². The minimum absolute atomic E-state index is 0.110. The lowest BCUT2D eigenvalue weighted by atomic mass is 10.1. The van der Waals surface area contributed by atoms with Crippen LogP contribution in [0.1, 0.15) is 58.1 Å². The number of aryl methyl sites for hydroxylation is 1. The molecule has 1 heterocycles. The van der Waals surface area contributed by atoms with Gasteiger partial charge in [0.1, 0.15) is 5.75 Å². The van der Waals surface area contributed by atoms with E-state index >= 15 is 0 Å². The third kappa shape index (κ3) is 7.69. The SMILES string of the molecule is COc1ccc(S(=O)(=O)C2(CCCC#Cc3cc(NC(=O)OC(C)C)ccc3C)SC(=O)N(C(=O)OC(C)C)C2=O)cc1. The first-order chi connectivity index (χ1) is 20.2. The Bertz CT molecular complexity index is 1560. The molecule has 4 amide bonds. The molecule has 1 saturated heterocycles. The number of nitrogens with one attached hydrogen (secondary N) is 1. The van der Waals surface area contributed by atoms with Crippen LogP contribution < -0.4 is 10.1 Å². The van der Waals surface area contributed by atoms with Crippen molar-refractivity contribution in [3.63, 3.8) is 0 Å². The van der Waals surface area contributed by atoms with Crippen LogP contribution in [0.15, 0.2) is 47.4 Å². The first kappa shape index (κ1) is 33.5. The standard InChI is InChI=1S/C30H34N2O9S2/c1-19(2)40-27(34)31-23-12-11-21(5)22(18-23)10-8-7-9-17-30(43(37,38)25-15-13-24(39-6)14-16-25)26(33)32(29(36)42-30)28(35)41-20(3)4/h11-16,18-20H,7,9,17H2,1-6H3,(H,31,34). The number of rotatable bonds is 9. The number of hydrogen-bond donors (Lipinski definition) is 1. The Hall–Kier alpha value is -4.02. The van der Waals surface area contributed by atoms with Gasteiger partial charge in [0, 0.05) is 17.7 Å². The van der Waals surface area contributed by atoms with Crippen LogP contribution in [-0.2, 0) is 24.1 Å². The summed E-state index contributed by atoms with van der Waals surface area (Å²) in [6.07, 6.45) is -2.76. The lowest BCUT2D eigenvalue weighted by molar-refractivity contribution is -0.126. The lowest BCUT2D eigenvalue weighted by Crippen LogP contribution is -2.47. The number of carbonyl (C=O) groups is 4. The Kier molecular flexibility index (Phi) is 10.9. The number of sulfone groups is 1. The van der Waals surface area contributed by atoms with E-state index in [-0.39, 0.29) is 46.9 Å². The van der Waals surface area contributed by atoms with E-state index in [2.05, 4.69) is 17.2 Å². The molecule has 0 aromatic heterocycles. The first-order valence-corrected chi connectivity index (χ1v) is 15.8. The summed E-state index contributed by atoms with van der Waals surface area (Å²) in [5, 5.41) is 1.61. The largest absolute Gasteiger partial charge is 0.497 e. The Balaban J connectivity index is 1.87. The van der Waals surface area contributed by atoms with E-state index in [1.807, 2.05) is 6.92 Å². The number of unbranched alkanes of at least 4 members (excludes halogenated alkanes) is 1. The molecular weight excluding hydrogens is 596 g/mol. The molecule has 1 atom stereocenters. The van der Waals surface area contributed by atoms with Gasteiger partial charge in [-0.05, 0) is 101 Å². The number of hydrogen-bond acceptors (Lipinski definition) is 10.